The molecule has 2 aromatic rings. The molecule has 2 rings (SSSR count). The van der Waals surface area contributed by atoms with Crippen LogP contribution < -0.4 is 9.47 Å². The average molecular weight is 309 g/mol. The molecule has 0 aliphatic carbocycles. The van der Waals surface area contributed by atoms with E-state index in [1.165, 1.54) is 14.2 Å². The zero-order valence-electron chi connectivity index (χ0n) is 12.7. The Morgan fingerprint density at radius 2 is 1.65 bits per heavy atom. The highest BCUT2D eigenvalue weighted by Gasteiger charge is 2.19. The molecule has 116 valence electrons. The van der Waals surface area contributed by atoms with E-state index in [1.807, 2.05) is 6.07 Å². The molecule has 0 heterocycles. The lowest BCUT2D eigenvalue weighted by Gasteiger charge is -2.13. The van der Waals surface area contributed by atoms with Crippen molar-refractivity contribution < 1.29 is 19.4 Å². The number of aliphatic carboxylic acids is 1. The van der Waals surface area contributed by atoms with E-state index in [1.54, 1.807) is 48.5 Å². The van der Waals surface area contributed by atoms with Crippen LogP contribution in [0.1, 0.15) is 11.1 Å². The lowest BCUT2D eigenvalue weighted by molar-refractivity contribution is -0.132. The highest BCUT2D eigenvalue weighted by atomic mass is 16.5. The van der Waals surface area contributed by atoms with Crippen LogP contribution in [0, 0.1) is 11.3 Å². The van der Waals surface area contributed by atoms with Crippen LogP contribution in [-0.4, -0.2) is 25.3 Å². The van der Waals surface area contributed by atoms with E-state index >= 15 is 0 Å². The van der Waals surface area contributed by atoms with Gasteiger partial charge in [0, 0.05) is 5.57 Å². The number of hydrogen-bond acceptors (Lipinski definition) is 4. The summed E-state index contributed by atoms with van der Waals surface area (Å²) in [4.78, 5) is 11.5. The first-order valence-corrected chi connectivity index (χ1v) is 6.77. The molecule has 0 saturated heterocycles. The molecular formula is C18H15NO4. The van der Waals surface area contributed by atoms with E-state index < -0.39 is 5.97 Å². The van der Waals surface area contributed by atoms with E-state index in [4.69, 9.17) is 9.47 Å². The Kier molecular flexibility index (Phi) is 5.00. The van der Waals surface area contributed by atoms with Gasteiger partial charge < -0.3 is 14.6 Å². The molecular weight excluding hydrogens is 294 g/mol. The molecule has 0 unspecified atom stereocenters. The Balaban J connectivity index is 2.74. The number of carboxylic acid groups (broad SMARTS) is 1. The molecule has 0 radical (unpaired) electrons. The van der Waals surface area contributed by atoms with Gasteiger partial charge in [-0.25, -0.2) is 4.79 Å². The van der Waals surface area contributed by atoms with Gasteiger partial charge in [-0.05, 0) is 23.3 Å². The van der Waals surface area contributed by atoms with Gasteiger partial charge in [0.25, 0.3) is 0 Å². The lowest BCUT2D eigenvalue weighted by atomic mass is 9.93. The third-order valence-corrected chi connectivity index (χ3v) is 3.31. The largest absolute Gasteiger partial charge is 0.493 e. The van der Waals surface area contributed by atoms with E-state index in [9.17, 15) is 15.2 Å². The maximum absolute atomic E-state index is 11.5. The van der Waals surface area contributed by atoms with E-state index in [-0.39, 0.29) is 5.57 Å². The molecule has 0 fully saturated rings. The molecule has 0 bridgehead atoms. The van der Waals surface area contributed by atoms with Crippen molar-refractivity contribution in [3.63, 3.8) is 0 Å². The van der Waals surface area contributed by atoms with Crippen molar-refractivity contribution in [2.24, 2.45) is 0 Å². The van der Waals surface area contributed by atoms with Crippen LogP contribution in [0.25, 0.3) is 5.57 Å². The Labute approximate surface area is 134 Å². The predicted octanol–water partition coefficient (Wildman–Crippen LogP) is 3.11. The molecule has 0 aliphatic rings. The summed E-state index contributed by atoms with van der Waals surface area (Å²) in [5.74, 6) is -0.292. The highest BCUT2D eigenvalue weighted by Crippen LogP contribution is 2.34. The molecule has 0 saturated carbocycles. The van der Waals surface area contributed by atoms with Crippen molar-refractivity contribution in [1.82, 2.24) is 0 Å². The second-order valence-electron chi connectivity index (χ2n) is 4.60. The number of ether oxygens (including phenoxy) is 2. The molecule has 0 aromatic heterocycles. The summed E-state index contributed by atoms with van der Waals surface area (Å²) in [5, 5.41) is 18.6. The number of benzene rings is 2. The zero-order valence-corrected chi connectivity index (χ0v) is 12.7. The molecule has 23 heavy (non-hydrogen) atoms. The topological polar surface area (TPSA) is 79.5 Å². The van der Waals surface area contributed by atoms with Gasteiger partial charge in [-0.3, -0.25) is 0 Å². The van der Waals surface area contributed by atoms with E-state index in [0.29, 0.717) is 28.2 Å². The van der Waals surface area contributed by atoms with Crippen LogP contribution in [0.4, 0.5) is 0 Å². The highest BCUT2D eigenvalue weighted by molar-refractivity contribution is 6.04. The van der Waals surface area contributed by atoms with Gasteiger partial charge in [0.05, 0.1) is 14.2 Å². The Hall–Kier alpha value is -3.26. The van der Waals surface area contributed by atoms with Gasteiger partial charge in [-0.2, -0.15) is 5.26 Å². The molecule has 5 heteroatoms. The zero-order chi connectivity index (χ0) is 16.8. The Bertz CT molecular complexity index is 788. The Morgan fingerprint density at radius 3 is 2.17 bits per heavy atom. The first kappa shape index (κ1) is 16.1. The fraction of sp³-hybridized carbons (Fsp3) is 0.111. The second-order valence-corrected chi connectivity index (χ2v) is 4.60. The van der Waals surface area contributed by atoms with Gasteiger partial charge in [0.1, 0.15) is 11.6 Å². The monoisotopic (exact) mass is 309 g/mol. The van der Waals surface area contributed by atoms with Crippen LogP contribution in [0.5, 0.6) is 11.5 Å². The smallest absolute Gasteiger partial charge is 0.347 e. The van der Waals surface area contributed by atoms with Crippen LogP contribution in [-0.2, 0) is 4.79 Å². The lowest BCUT2D eigenvalue weighted by Crippen LogP contribution is -2.04. The van der Waals surface area contributed by atoms with Gasteiger partial charge in [0.2, 0.25) is 0 Å². The summed E-state index contributed by atoms with van der Waals surface area (Å²) < 4.78 is 10.4. The molecule has 1 N–H and O–H groups in total. The van der Waals surface area contributed by atoms with E-state index in [0.717, 1.165) is 0 Å². The predicted molar refractivity (Wildman–Crippen MR) is 85.3 cm³/mol. The van der Waals surface area contributed by atoms with Crippen molar-refractivity contribution in [3.8, 4) is 17.6 Å². The number of hydrogen-bond donors (Lipinski definition) is 1. The third-order valence-electron chi connectivity index (χ3n) is 3.31. The Morgan fingerprint density at radius 1 is 1.00 bits per heavy atom. The fourth-order valence-electron chi connectivity index (χ4n) is 2.26. The van der Waals surface area contributed by atoms with Gasteiger partial charge in [0.15, 0.2) is 11.5 Å². The van der Waals surface area contributed by atoms with Crippen molar-refractivity contribution in [2.75, 3.05) is 14.2 Å². The maximum atomic E-state index is 11.5. The summed E-state index contributed by atoms with van der Waals surface area (Å²) >= 11 is 0. The summed E-state index contributed by atoms with van der Waals surface area (Å²) in [5.41, 5.74) is 1.21. The molecule has 0 atom stereocenters. The van der Waals surface area contributed by atoms with Gasteiger partial charge in [-0.1, -0.05) is 36.4 Å². The van der Waals surface area contributed by atoms with Crippen LogP contribution in [0.2, 0.25) is 0 Å². The number of carbonyl (C=O) groups is 1. The summed E-state index contributed by atoms with van der Waals surface area (Å²) in [6.07, 6.45) is 0. The van der Waals surface area contributed by atoms with Crippen molar-refractivity contribution in [1.29, 1.82) is 5.26 Å². The molecule has 0 aliphatic heterocycles. The number of nitriles is 1. The van der Waals surface area contributed by atoms with Crippen molar-refractivity contribution in [2.45, 2.75) is 0 Å². The quantitative estimate of drug-likeness (QED) is 0.678. The number of rotatable bonds is 5. The van der Waals surface area contributed by atoms with Crippen LogP contribution in [0.3, 0.4) is 0 Å². The molecule has 0 spiro atoms. The average Bonchev–Trinajstić information content (AvgIpc) is 2.59. The van der Waals surface area contributed by atoms with Crippen molar-refractivity contribution >= 4 is 11.5 Å². The minimum Gasteiger partial charge on any atom is -0.493 e. The van der Waals surface area contributed by atoms with Crippen molar-refractivity contribution in [3.05, 3.63) is 65.2 Å². The number of carboxylic acids is 1. The third kappa shape index (κ3) is 3.33. The SMILES string of the molecule is COc1ccc(/C(=C(/C#N)C(=O)O)c2ccccc2)cc1OC. The minimum absolute atomic E-state index is 0.330. The summed E-state index contributed by atoms with van der Waals surface area (Å²) in [6, 6.07) is 15.7. The van der Waals surface area contributed by atoms with Gasteiger partial charge in [-0.15, -0.1) is 0 Å². The minimum atomic E-state index is -1.28. The molecule has 0 amide bonds. The van der Waals surface area contributed by atoms with E-state index in [2.05, 4.69) is 0 Å². The maximum Gasteiger partial charge on any atom is 0.347 e. The summed E-state index contributed by atoms with van der Waals surface area (Å²) in [6.45, 7) is 0. The van der Waals surface area contributed by atoms with Crippen LogP contribution >= 0.6 is 0 Å². The number of methoxy groups -OCH3 is 2. The van der Waals surface area contributed by atoms with Crippen LogP contribution in [0.15, 0.2) is 54.1 Å². The summed E-state index contributed by atoms with van der Waals surface area (Å²) in [7, 11) is 3.01. The molecule has 2 aromatic carbocycles. The number of nitrogens with zero attached hydrogens (tertiary/aromatic N) is 1. The normalized spacial score (nSPS) is 11.2. The second kappa shape index (κ2) is 7.14. The standard InChI is InChI=1S/C18H15NO4/c1-22-15-9-8-13(10-16(15)23-2)17(14(11-19)18(20)21)12-6-4-3-5-7-12/h3-10H,1-2H3,(H,20,21)/b17-14-. The van der Waals surface area contributed by atoms with Gasteiger partial charge >= 0.3 is 5.97 Å². The molecule has 5 nitrogen and oxygen atoms in total. The fourth-order valence-corrected chi connectivity index (χ4v) is 2.26. The first-order chi connectivity index (χ1) is 11.1. The first-order valence-electron chi connectivity index (χ1n) is 6.77.